The fourth-order valence-corrected chi connectivity index (χ4v) is 7.73. The van der Waals surface area contributed by atoms with Gasteiger partial charge in [-0.2, -0.15) is 47.0 Å². The second kappa shape index (κ2) is 22.1. The highest BCUT2D eigenvalue weighted by molar-refractivity contribution is 8.05. The summed E-state index contributed by atoms with van der Waals surface area (Å²) in [6.45, 7) is 6.25. The van der Waals surface area contributed by atoms with Crippen LogP contribution >= 0.6 is 47.0 Å². The lowest BCUT2D eigenvalue weighted by molar-refractivity contribution is 0.300. The molecule has 1 rings (SSSR count). The van der Waals surface area contributed by atoms with Crippen molar-refractivity contribution in [1.82, 2.24) is 4.90 Å². The van der Waals surface area contributed by atoms with Gasteiger partial charge in [-0.1, -0.05) is 64.7 Å². The Hall–Kier alpha value is 1.36. The molecular formula is C22H45NS4. The Labute approximate surface area is 188 Å². The quantitative estimate of drug-likeness (QED) is 0.306. The number of nitrogens with zero attached hydrogens (tertiary/aromatic N) is 1. The molecule has 0 N–H and O–H groups in total. The molecule has 0 radical (unpaired) electrons. The van der Waals surface area contributed by atoms with Crippen LogP contribution in [0.3, 0.4) is 0 Å². The van der Waals surface area contributed by atoms with E-state index in [0.717, 1.165) is 0 Å². The first-order valence-electron chi connectivity index (χ1n) is 11.5. The van der Waals surface area contributed by atoms with E-state index in [9.17, 15) is 0 Å². The van der Waals surface area contributed by atoms with Gasteiger partial charge in [-0.05, 0) is 13.0 Å². The maximum Gasteiger partial charge on any atom is 0.00727 e. The number of hydrogen-bond acceptors (Lipinski definition) is 5. The Kier molecular flexibility index (Phi) is 21.6. The van der Waals surface area contributed by atoms with Gasteiger partial charge in [-0.15, -0.1) is 0 Å². The molecular weight excluding hydrogens is 407 g/mol. The second-order valence-electron chi connectivity index (χ2n) is 7.47. The van der Waals surface area contributed by atoms with E-state index < -0.39 is 0 Å². The normalized spacial score (nSPS) is 19.4. The lowest BCUT2D eigenvalue weighted by Crippen LogP contribution is -2.30. The van der Waals surface area contributed by atoms with Gasteiger partial charge in [0.1, 0.15) is 0 Å². The Morgan fingerprint density at radius 2 is 0.852 bits per heavy atom. The molecule has 0 aromatic heterocycles. The van der Waals surface area contributed by atoms with Gasteiger partial charge in [-0.3, -0.25) is 0 Å². The molecule has 1 aliphatic rings. The van der Waals surface area contributed by atoms with Gasteiger partial charge >= 0.3 is 0 Å². The Balaban J connectivity index is 2.04. The van der Waals surface area contributed by atoms with Crippen LogP contribution in [0.2, 0.25) is 0 Å². The summed E-state index contributed by atoms with van der Waals surface area (Å²) in [5, 5.41) is 0. The predicted octanol–water partition coefficient (Wildman–Crippen LogP) is 7.16. The zero-order valence-electron chi connectivity index (χ0n) is 17.9. The summed E-state index contributed by atoms with van der Waals surface area (Å²) in [4.78, 5) is 2.75. The van der Waals surface area contributed by atoms with E-state index in [1.165, 1.54) is 130 Å². The molecule has 162 valence electrons. The summed E-state index contributed by atoms with van der Waals surface area (Å²) in [6, 6.07) is 0. The molecule has 0 amide bonds. The van der Waals surface area contributed by atoms with Gasteiger partial charge < -0.3 is 4.90 Å². The highest BCUT2D eigenvalue weighted by Crippen LogP contribution is 2.15. The molecule has 0 aromatic rings. The first kappa shape index (κ1) is 26.4. The SMILES string of the molecule is CCCCCCCCCCCCN1CCSCCSCCSCCSCC1. The maximum absolute atomic E-state index is 2.75. The minimum absolute atomic E-state index is 1.31. The van der Waals surface area contributed by atoms with Crippen molar-refractivity contribution in [3.05, 3.63) is 0 Å². The zero-order chi connectivity index (χ0) is 19.3. The summed E-state index contributed by atoms with van der Waals surface area (Å²) < 4.78 is 0. The second-order valence-corrected chi connectivity index (χ2v) is 12.4. The summed E-state index contributed by atoms with van der Waals surface area (Å²) >= 11 is 8.65. The molecule has 1 nitrogen and oxygen atoms in total. The zero-order valence-corrected chi connectivity index (χ0v) is 21.2. The smallest absolute Gasteiger partial charge is 0.00727 e. The minimum Gasteiger partial charge on any atom is -0.302 e. The van der Waals surface area contributed by atoms with Crippen molar-refractivity contribution in [2.45, 2.75) is 71.1 Å². The molecule has 0 saturated carbocycles. The molecule has 0 bridgehead atoms. The fourth-order valence-electron chi connectivity index (χ4n) is 3.31. The monoisotopic (exact) mass is 451 g/mol. The van der Waals surface area contributed by atoms with Gasteiger partial charge in [0.2, 0.25) is 0 Å². The lowest BCUT2D eigenvalue weighted by atomic mass is 10.1. The topological polar surface area (TPSA) is 3.24 Å². The Morgan fingerprint density at radius 1 is 0.481 bits per heavy atom. The molecule has 27 heavy (non-hydrogen) atoms. The average Bonchev–Trinajstić information content (AvgIpc) is 2.69. The number of rotatable bonds is 11. The van der Waals surface area contributed by atoms with Crippen LogP contribution in [0.4, 0.5) is 0 Å². The van der Waals surface area contributed by atoms with Crippen LogP contribution in [0.5, 0.6) is 0 Å². The van der Waals surface area contributed by atoms with E-state index in [1.54, 1.807) is 0 Å². The number of hydrogen-bond donors (Lipinski definition) is 0. The molecule has 0 aromatic carbocycles. The number of thioether (sulfide) groups is 4. The first-order valence-corrected chi connectivity index (χ1v) is 16.1. The van der Waals surface area contributed by atoms with Gasteiger partial charge in [0.15, 0.2) is 0 Å². The first-order chi connectivity index (χ1) is 13.4. The van der Waals surface area contributed by atoms with E-state index in [4.69, 9.17) is 0 Å². The molecule has 0 atom stereocenters. The molecule has 0 unspecified atom stereocenters. The molecule has 1 fully saturated rings. The van der Waals surface area contributed by atoms with Crippen molar-refractivity contribution in [2.24, 2.45) is 0 Å². The van der Waals surface area contributed by atoms with Crippen molar-refractivity contribution in [1.29, 1.82) is 0 Å². The molecule has 0 spiro atoms. The summed E-state index contributed by atoms with van der Waals surface area (Å²) in [7, 11) is 0. The molecule has 1 saturated heterocycles. The van der Waals surface area contributed by atoms with Crippen LogP contribution in [0.25, 0.3) is 0 Å². The van der Waals surface area contributed by atoms with Crippen LogP contribution in [-0.4, -0.2) is 70.6 Å². The largest absolute Gasteiger partial charge is 0.302 e. The average molecular weight is 452 g/mol. The van der Waals surface area contributed by atoms with Gasteiger partial charge in [0, 0.05) is 59.1 Å². The third-order valence-electron chi connectivity index (χ3n) is 5.05. The summed E-state index contributed by atoms with van der Waals surface area (Å²) in [6.07, 6.45) is 14.4. The summed E-state index contributed by atoms with van der Waals surface area (Å²) in [5.41, 5.74) is 0. The van der Waals surface area contributed by atoms with E-state index >= 15 is 0 Å². The highest BCUT2D eigenvalue weighted by atomic mass is 32.2. The van der Waals surface area contributed by atoms with E-state index in [0.29, 0.717) is 0 Å². The van der Waals surface area contributed by atoms with Crippen molar-refractivity contribution in [3.8, 4) is 0 Å². The van der Waals surface area contributed by atoms with Crippen LogP contribution in [0, 0.1) is 0 Å². The van der Waals surface area contributed by atoms with Gasteiger partial charge in [0.05, 0.1) is 0 Å². The van der Waals surface area contributed by atoms with Crippen LogP contribution in [0.1, 0.15) is 71.1 Å². The molecule has 1 heterocycles. The predicted molar refractivity (Wildman–Crippen MR) is 138 cm³/mol. The van der Waals surface area contributed by atoms with Crippen molar-refractivity contribution >= 4 is 47.0 Å². The molecule has 1 aliphatic heterocycles. The molecule has 0 aliphatic carbocycles. The van der Waals surface area contributed by atoms with Gasteiger partial charge in [-0.25, -0.2) is 0 Å². The third-order valence-corrected chi connectivity index (χ3v) is 9.72. The lowest BCUT2D eigenvalue weighted by Gasteiger charge is -2.22. The third kappa shape index (κ3) is 19.1. The fraction of sp³-hybridized carbons (Fsp3) is 1.00. The number of unbranched alkanes of at least 4 members (excludes halogenated alkanes) is 9. The Bertz CT molecular complexity index is 275. The maximum atomic E-state index is 2.75. The summed E-state index contributed by atoms with van der Waals surface area (Å²) in [5.74, 6) is 10.7. The van der Waals surface area contributed by atoms with Crippen molar-refractivity contribution < 1.29 is 0 Å². The van der Waals surface area contributed by atoms with Crippen LogP contribution < -0.4 is 0 Å². The van der Waals surface area contributed by atoms with Crippen molar-refractivity contribution in [2.75, 3.05) is 65.7 Å². The molecule has 5 heteroatoms. The van der Waals surface area contributed by atoms with Crippen molar-refractivity contribution in [3.63, 3.8) is 0 Å². The Morgan fingerprint density at radius 3 is 1.30 bits per heavy atom. The highest BCUT2D eigenvalue weighted by Gasteiger charge is 2.06. The minimum atomic E-state index is 1.31. The van der Waals surface area contributed by atoms with Gasteiger partial charge in [0.25, 0.3) is 0 Å². The van der Waals surface area contributed by atoms with E-state index in [1.807, 2.05) is 0 Å². The standard InChI is InChI=1S/C22H45NS4/c1-2-3-4-5-6-7-8-9-10-11-12-23-13-15-24-17-19-26-21-22-27-20-18-25-16-14-23/h2-22H2,1H3. The van der Waals surface area contributed by atoms with Crippen LogP contribution in [0.15, 0.2) is 0 Å². The van der Waals surface area contributed by atoms with E-state index in [-0.39, 0.29) is 0 Å². The van der Waals surface area contributed by atoms with Crippen LogP contribution in [-0.2, 0) is 0 Å². The van der Waals surface area contributed by atoms with E-state index in [2.05, 4.69) is 58.9 Å².